The van der Waals surface area contributed by atoms with E-state index >= 15 is 0 Å². The lowest BCUT2D eigenvalue weighted by atomic mass is 10.0. The van der Waals surface area contributed by atoms with Crippen molar-refractivity contribution in [2.45, 2.75) is 32.0 Å². The minimum Gasteiger partial charge on any atom is -0.399 e. The molecular formula is C17H25F3N4. The van der Waals surface area contributed by atoms with Crippen molar-refractivity contribution in [2.24, 2.45) is 5.73 Å². The van der Waals surface area contributed by atoms with Gasteiger partial charge in [-0.3, -0.25) is 5.01 Å². The topological polar surface area (TPSA) is 53.3 Å². The molecule has 1 atom stereocenters. The Hall–Kier alpha value is -2.15. The van der Waals surface area contributed by atoms with Crippen LogP contribution in [0.25, 0.3) is 0 Å². The molecule has 0 spiro atoms. The van der Waals surface area contributed by atoms with Crippen LogP contribution in [0.2, 0.25) is 0 Å². The van der Waals surface area contributed by atoms with Gasteiger partial charge in [-0.1, -0.05) is 38.0 Å². The maximum atomic E-state index is 13.6. The van der Waals surface area contributed by atoms with Crippen LogP contribution in [-0.2, 0) is 0 Å². The summed E-state index contributed by atoms with van der Waals surface area (Å²) in [6.45, 7) is 13.3. The van der Waals surface area contributed by atoms with Crippen LogP contribution in [0, 0.1) is 0 Å². The van der Waals surface area contributed by atoms with Crippen molar-refractivity contribution in [1.82, 2.24) is 15.8 Å². The van der Waals surface area contributed by atoms with Gasteiger partial charge in [0.25, 0.3) is 0 Å². The lowest BCUT2D eigenvalue weighted by Gasteiger charge is -2.33. The van der Waals surface area contributed by atoms with E-state index < -0.39 is 12.2 Å². The van der Waals surface area contributed by atoms with Crippen LogP contribution in [0.4, 0.5) is 13.2 Å². The number of hydrazine groups is 1. The van der Waals surface area contributed by atoms with Crippen LogP contribution < -0.4 is 16.5 Å². The highest BCUT2D eigenvalue weighted by Gasteiger charge is 2.46. The molecule has 0 saturated heterocycles. The summed E-state index contributed by atoms with van der Waals surface area (Å²) in [6.07, 6.45) is 0.443. The Kier molecular flexibility index (Phi) is 7.16. The first kappa shape index (κ1) is 19.9. The summed E-state index contributed by atoms with van der Waals surface area (Å²) < 4.78 is 40.8. The van der Waals surface area contributed by atoms with Crippen LogP contribution in [-0.4, -0.2) is 30.3 Å². The summed E-state index contributed by atoms with van der Waals surface area (Å²) in [5, 5.41) is 4.07. The Bertz CT molecular complexity index is 547. The van der Waals surface area contributed by atoms with Gasteiger partial charge in [-0.05, 0) is 25.3 Å². The molecule has 4 nitrogen and oxygen atoms in total. The SMILES string of the molecule is C=C/C=C(\C=C)CCC(N1NCC(C(=C)N)=C1NCC)C(F)(F)F. The highest BCUT2D eigenvalue weighted by atomic mass is 19.4. The Labute approximate surface area is 141 Å². The molecule has 0 aromatic rings. The summed E-state index contributed by atoms with van der Waals surface area (Å²) in [5.74, 6) is 0.333. The predicted molar refractivity (Wildman–Crippen MR) is 91.4 cm³/mol. The van der Waals surface area contributed by atoms with E-state index in [2.05, 4.69) is 30.5 Å². The lowest BCUT2D eigenvalue weighted by Crippen LogP contribution is -2.51. The zero-order valence-electron chi connectivity index (χ0n) is 13.9. The fraction of sp³-hybridized carbons (Fsp3) is 0.412. The molecule has 1 aliphatic heterocycles. The molecule has 1 rings (SSSR count). The smallest absolute Gasteiger partial charge is 0.399 e. The van der Waals surface area contributed by atoms with Crippen LogP contribution in [0.3, 0.4) is 0 Å². The standard InChI is InChI=1S/C17H25F3N4/c1-5-8-13(6-2)9-10-15(17(18,19)20)24-16(22-7-3)14(11-23-24)12(4)21/h5-6,8,15,22-23H,1-2,4,7,9-11,21H2,3H3/b13-8+. The molecule has 0 aliphatic carbocycles. The van der Waals surface area contributed by atoms with E-state index in [9.17, 15) is 13.2 Å². The first-order valence-electron chi connectivity index (χ1n) is 7.71. The Morgan fingerprint density at radius 2 is 2.12 bits per heavy atom. The van der Waals surface area contributed by atoms with Crippen molar-refractivity contribution in [1.29, 1.82) is 0 Å². The van der Waals surface area contributed by atoms with Crippen molar-refractivity contribution in [3.05, 3.63) is 60.6 Å². The van der Waals surface area contributed by atoms with Crippen molar-refractivity contribution in [2.75, 3.05) is 13.1 Å². The van der Waals surface area contributed by atoms with Gasteiger partial charge in [0.05, 0.1) is 0 Å². The van der Waals surface area contributed by atoms with Crippen LogP contribution in [0.1, 0.15) is 19.8 Å². The van der Waals surface area contributed by atoms with Gasteiger partial charge in [-0.2, -0.15) is 13.2 Å². The van der Waals surface area contributed by atoms with Gasteiger partial charge in [0.1, 0.15) is 11.9 Å². The molecule has 0 bridgehead atoms. The average Bonchev–Trinajstić information content (AvgIpc) is 2.89. The van der Waals surface area contributed by atoms with Gasteiger partial charge in [-0.25, -0.2) is 5.43 Å². The molecule has 0 amide bonds. The first-order valence-corrected chi connectivity index (χ1v) is 7.71. The molecule has 0 radical (unpaired) electrons. The third-order valence-electron chi connectivity index (χ3n) is 3.67. The number of nitrogens with one attached hydrogen (secondary N) is 2. The van der Waals surface area contributed by atoms with Gasteiger partial charge < -0.3 is 11.1 Å². The summed E-state index contributed by atoms with van der Waals surface area (Å²) in [6, 6.07) is -1.70. The summed E-state index contributed by atoms with van der Waals surface area (Å²) in [5.41, 5.74) is 9.98. The quantitative estimate of drug-likeness (QED) is 0.564. The van der Waals surface area contributed by atoms with Gasteiger partial charge in [0.15, 0.2) is 0 Å². The van der Waals surface area contributed by atoms with Crippen molar-refractivity contribution < 1.29 is 13.2 Å². The highest BCUT2D eigenvalue weighted by Crippen LogP contribution is 2.33. The number of hydrogen-bond donors (Lipinski definition) is 3. The zero-order chi connectivity index (χ0) is 18.3. The number of rotatable bonds is 9. The summed E-state index contributed by atoms with van der Waals surface area (Å²) in [7, 11) is 0. The monoisotopic (exact) mass is 342 g/mol. The van der Waals surface area contributed by atoms with Gasteiger partial charge >= 0.3 is 6.18 Å². The summed E-state index contributed by atoms with van der Waals surface area (Å²) in [4.78, 5) is 0. The van der Waals surface area contributed by atoms with E-state index in [0.717, 1.165) is 5.01 Å². The van der Waals surface area contributed by atoms with E-state index in [-0.39, 0.29) is 25.1 Å². The van der Waals surface area contributed by atoms with Gasteiger partial charge in [0, 0.05) is 24.4 Å². The molecule has 134 valence electrons. The van der Waals surface area contributed by atoms with E-state index in [1.54, 1.807) is 12.2 Å². The Morgan fingerprint density at radius 1 is 1.46 bits per heavy atom. The Balaban J connectivity index is 3.08. The fourth-order valence-electron chi connectivity index (χ4n) is 2.51. The molecule has 0 aromatic carbocycles. The number of nitrogens with two attached hydrogens (primary N) is 1. The zero-order valence-corrected chi connectivity index (χ0v) is 13.9. The molecule has 24 heavy (non-hydrogen) atoms. The number of hydrogen-bond acceptors (Lipinski definition) is 4. The second kappa shape index (κ2) is 8.63. The average molecular weight is 342 g/mol. The maximum absolute atomic E-state index is 13.6. The number of alkyl halides is 3. The van der Waals surface area contributed by atoms with E-state index in [4.69, 9.17) is 5.73 Å². The Morgan fingerprint density at radius 3 is 2.58 bits per heavy atom. The maximum Gasteiger partial charge on any atom is 0.410 e. The van der Waals surface area contributed by atoms with E-state index in [0.29, 0.717) is 23.5 Å². The minimum absolute atomic E-state index is 0.124. The molecule has 1 unspecified atom stereocenters. The van der Waals surface area contributed by atoms with Crippen molar-refractivity contribution in [3.63, 3.8) is 0 Å². The molecule has 4 N–H and O–H groups in total. The second-order valence-electron chi connectivity index (χ2n) is 5.37. The lowest BCUT2D eigenvalue weighted by molar-refractivity contribution is -0.186. The molecule has 0 aromatic heterocycles. The molecule has 0 fully saturated rings. The highest BCUT2D eigenvalue weighted by molar-refractivity contribution is 5.34. The first-order chi connectivity index (χ1) is 11.3. The van der Waals surface area contributed by atoms with Crippen LogP contribution in [0.15, 0.2) is 60.6 Å². The predicted octanol–water partition coefficient (Wildman–Crippen LogP) is 3.11. The fourth-order valence-corrected chi connectivity index (χ4v) is 2.51. The minimum atomic E-state index is -4.40. The number of allylic oxidation sites excluding steroid dienone is 4. The van der Waals surface area contributed by atoms with Crippen LogP contribution >= 0.6 is 0 Å². The largest absolute Gasteiger partial charge is 0.410 e. The second-order valence-corrected chi connectivity index (χ2v) is 5.37. The number of nitrogens with zero attached hydrogens (tertiary/aromatic N) is 1. The third kappa shape index (κ3) is 4.92. The molecule has 0 saturated carbocycles. The van der Waals surface area contributed by atoms with Crippen LogP contribution in [0.5, 0.6) is 0 Å². The van der Waals surface area contributed by atoms with E-state index in [1.165, 1.54) is 6.08 Å². The van der Waals surface area contributed by atoms with Crippen molar-refractivity contribution in [3.8, 4) is 0 Å². The number of halogens is 3. The van der Waals surface area contributed by atoms with E-state index in [1.807, 2.05) is 6.92 Å². The molecule has 1 heterocycles. The van der Waals surface area contributed by atoms with Gasteiger partial charge in [0.2, 0.25) is 0 Å². The van der Waals surface area contributed by atoms with Gasteiger partial charge in [-0.15, -0.1) is 0 Å². The normalized spacial score (nSPS) is 17.0. The molecule has 1 aliphatic rings. The third-order valence-corrected chi connectivity index (χ3v) is 3.67. The summed E-state index contributed by atoms with van der Waals surface area (Å²) >= 11 is 0. The molecule has 7 heteroatoms. The molecular weight excluding hydrogens is 317 g/mol. The van der Waals surface area contributed by atoms with Crippen molar-refractivity contribution >= 4 is 0 Å².